The molecule has 2 heterocycles. The van der Waals surface area contributed by atoms with Gasteiger partial charge < -0.3 is 21.1 Å². The first-order valence-corrected chi connectivity index (χ1v) is 11.9. The fourth-order valence-corrected chi connectivity index (χ4v) is 2.57. The second-order valence-electron chi connectivity index (χ2n) is 8.37. The third kappa shape index (κ3) is 16.2. The van der Waals surface area contributed by atoms with Gasteiger partial charge in [0, 0.05) is 25.3 Å². The molecule has 10 heteroatoms. The average Bonchev–Trinajstić information content (AvgIpc) is 3.21. The summed E-state index contributed by atoms with van der Waals surface area (Å²) in [5.41, 5.74) is 7.19. The lowest BCUT2D eigenvalue weighted by molar-refractivity contribution is -0.134. The van der Waals surface area contributed by atoms with Crippen molar-refractivity contribution in [3.8, 4) is 0 Å². The summed E-state index contributed by atoms with van der Waals surface area (Å²) in [6.07, 6.45) is 3.63. The number of carboxylic acids is 1. The van der Waals surface area contributed by atoms with Crippen LogP contribution in [0.4, 0.5) is 4.39 Å². The van der Waals surface area contributed by atoms with Crippen LogP contribution in [0.2, 0.25) is 5.15 Å². The van der Waals surface area contributed by atoms with E-state index < -0.39 is 11.9 Å². The Bertz CT molecular complexity index is 1080. The fourth-order valence-electron chi connectivity index (χ4n) is 2.40. The highest BCUT2D eigenvalue weighted by molar-refractivity contribution is 6.30. The van der Waals surface area contributed by atoms with E-state index in [0.717, 1.165) is 42.3 Å². The summed E-state index contributed by atoms with van der Waals surface area (Å²) in [5, 5.41) is 11.4. The van der Waals surface area contributed by atoms with E-state index in [1.165, 1.54) is 12.1 Å². The molecule has 2 amide bonds. The lowest BCUT2D eigenvalue weighted by Gasteiger charge is -2.03. The highest BCUT2D eigenvalue weighted by Crippen LogP contribution is 2.17. The third-order valence-electron chi connectivity index (χ3n) is 3.86. The lowest BCUT2D eigenvalue weighted by Crippen LogP contribution is -2.24. The van der Waals surface area contributed by atoms with Crippen molar-refractivity contribution >= 4 is 40.3 Å². The number of fused-ring (bicyclic) bond motifs is 1. The number of carbonyl (C=O) groups is 3. The second kappa shape index (κ2) is 17.9. The topological polar surface area (TPSA) is 138 Å². The van der Waals surface area contributed by atoms with Crippen LogP contribution in [-0.2, 0) is 16.0 Å². The number of halogens is 2. The molecular weight excluding hydrogens is 487 g/mol. The molecule has 0 radical (unpaired) electrons. The number of pyridine rings is 1. The molecule has 8 nitrogen and oxygen atoms in total. The lowest BCUT2D eigenvalue weighted by atomic mass is 10.1. The molecule has 0 unspecified atom stereocenters. The van der Waals surface area contributed by atoms with Crippen molar-refractivity contribution in [2.45, 2.75) is 53.9 Å². The van der Waals surface area contributed by atoms with Gasteiger partial charge in [0.2, 0.25) is 5.91 Å². The van der Waals surface area contributed by atoms with Gasteiger partial charge in [-0.15, -0.1) is 0 Å². The highest BCUT2D eigenvalue weighted by atomic mass is 35.5. The largest absolute Gasteiger partial charge is 0.481 e. The Kier molecular flexibility index (Phi) is 16.2. The number of aromatic amines is 1. The molecule has 5 N–H and O–H groups in total. The molecule has 0 aliphatic rings. The van der Waals surface area contributed by atoms with Crippen molar-refractivity contribution in [1.82, 2.24) is 15.3 Å². The first-order valence-electron chi connectivity index (χ1n) is 11.5. The summed E-state index contributed by atoms with van der Waals surface area (Å²) in [6.45, 7) is 10.3. The van der Waals surface area contributed by atoms with Gasteiger partial charge in [0.15, 0.2) is 0 Å². The van der Waals surface area contributed by atoms with Crippen LogP contribution in [0.15, 0.2) is 42.6 Å². The smallest absolute Gasteiger partial charge is 0.300 e. The average molecular weight is 523 g/mol. The summed E-state index contributed by atoms with van der Waals surface area (Å²) in [5.74, 6) is -0.678. The van der Waals surface area contributed by atoms with Crippen LogP contribution in [0, 0.1) is 11.7 Å². The standard InChI is InChI=1S/C12H16FNO.C8H6ClN3O.C4H10.C2H4O2/c1-2-9-14-12(15)8-5-10-3-6-11(13)7-4-10;9-7-2-4-1-5(8(10)13)12-6(4)3-11-7;1-4(2)3;1-2(3)4/h3-4,6-7H,2,5,8-9H2,1H3,(H,14,15);1-3,12H,(H2,10,13);4H,1-3H3;1H3,(H,3,4). The first kappa shape index (κ1) is 32.5. The van der Waals surface area contributed by atoms with Gasteiger partial charge in [0.1, 0.15) is 16.7 Å². The normalized spacial score (nSPS) is 9.67. The number of nitrogens with two attached hydrogens (primary N) is 1. The van der Waals surface area contributed by atoms with Crippen LogP contribution in [0.1, 0.15) is 63.5 Å². The van der Waals surface area contributed by atoms with Gasteiger partial charge in [-0.1, -0.05) is 51.4 Å². The van der Waals surface area contributed by atoms with Crippen LogP contribution >= 0.6 is 11.6 Å². The van der Waals surface area contributed by atoms with Crippen molar-refractivity contribution in [2.75, 3.05) is 6.54 Å². The summed E-state index contributed by atoms with van der Waals surface area (Å²) in [7, 11) is 0. The van der Waals surface area contributed by atoms with Gasteiger partial charge in [-0.2, -0.15) is 0 Å². The predicted octanol–water partition coefficient (Wildman–Crippen LogP) is 5.35. The van der Waals surface area contributed by atoms with E-state index in [1.54, 1.807) is 30.5 Å². The SMILES string of the molecule is CC(=O)O.CC(C)C.CCCNC(=O)CCc1ccc(F)cc1.NC(=O)c1cc2cc(Cl)ncc2[nH]1. The number of nitrogens with one attached hydrogen (secondary N) is 2. The van der Waals surface area contributed by atoms with Crippen molar-refractivity contribution in [3.63, 3.8) is 0 Å². The number of H-pyrrole nitrogens is 1. The number of carbonyl (C=O) groups excluding carboxylic acids is 2. The second-order valence-corrected chi connectivity index (χ2v) is 8.76. The minimum atomic E-state index is -0.833. The molecule has 0 saturated carbocycles. The Morgan fingerprint density at radius 1 is 1.17 bits per heavy atom. The Hall–Kier alpha value is -3.46. The van der Waals surface area contributed by atoms with E-state index in [1.807, 2.05) is 6.92 Å². The molecule has 3 rings (SSSR count). The molecular formula is C26H36ClFN4O4. The number of aromatic nitrogens is 2. The molecule has 0 fully saturated rings. The van der Waals surface area contributed by atoms with Gasteiger partial charge in [-0.05, 0) is 48.6 Å². The van der Waals surface area contributed by atoms with E-state index in [0.29, 0.717) is 23.7 Å². The number of aryl methyl sites for hydroxylation is 1. The van der Waals surface area contributed by atoms with E-state index in [2.05, 4.69) is 36.1 Å². The van der Waals surface area contributed by atoms with Crippen molar-refractivity contribution in [2.24, 2.45) is 11.7 Å². The molecule has 0 aliphatic heterocycles. The Labute approximate surface area is 216 Å². The Balaban J connectivity index is 0.000000529. The number of benzene rings is 1. The number of primary amides is 1. The van der Waals surface area contributed by atoms with Crippen LogP contribution in [-0.4, -0.2) is 39.4 Å². The molecule has 0 aliphatic carbocycles. The van der Waals surface area contributed by atoms with Crippen molar-refractivity contribution in [1.29, 1.82) is 0 Å². The number of rotatable bonds is 6. The van der Waals surface area contributed by atoms with Crippen LogP contribution < -0.4 is 11.1 Å². The Morgan fingerprint density at radius 3 is 2.22 bits per heavy atom. The number of carboxylic acid groups (broad SMARTS) is 1. The monoisotopic (exact) mass is 522 g/mol. The van der Waals surface area contributed by atoms with E-state index in [9.17, 15) is 14.0 Å². The summed E-state index contributed by atoms with van der Waals surface area (Å²) >= 11 is 5.67. The van der Waals surface area contributed by atoms with Crippen LogP contribution in [0.25, 0.3) is 10.9 Å². The van der Waals surface area contributed by atoms with Gasteiger partial charge in [0.25, 0.3) is 11.9 Å². The van der Waals surface area contributed by atoms with E-state index in [4.69, 9.17) is 27.2 Å². The summed E-state index contributed by atoms with van der Waals surface area (Å²) in [4.78, 5) is 37.7. The molecule has 2 aromatic heterocycles. The Morgan fingerprint density at radius 2 is 1.72 bits per heavy atom. The maximum absolute atomic E-state index is 12.6. The third-order valence-corrected chi connectivity index (χ3v) is 4.07. The van der Waals surface area contributed by atoms with Crippen molar-refractivity contribution < 1.29 is 23.9 Å². The number of hydrogen-bond acceptors (Lipinski definition) is 4. The predicted molar refractivity (Wildman–Crippen MR) is 141 cm³/mol. The quantitative estimate of drug-likeness (QED) is 0.323. The zero-order valence-corrected chi connectivity index (χ0v) is 22.2. The van der Waals surface area contributed by atoms with Gasteiger partial charge in [-0.25, -0.2) is 9.37 Å². The minimum absolute atomic E-state index is 0.0566. The molecule has 0 saturated heterocycles. The maximum Gasteiger partial charge on any atom is 0.300 e. The molecule has 198 valence electrons. The molecule has 1 aromatic carbocycles. The fraction of sp³-hybridized carbons (Fsp3) is 0.385. The molecule has 0 atom stereocenters. The molecule has 3 aromatic rings. The zero-order chi connectivity index (χ0) is 27.7. The number of amides is 2. The number of hydrogen-bond donors (Lipinski definition) is 4. The molecule has 0 spiro atoms. The molecule has 0 bridgehead atoms. The van der Waals surface area contributed by atoms with Crippen molar-refractivity contribution in [3.05, 3.63) is 64.8 Å². The minimum Gasteiger partial charge on any atom is -0.481 e. The van der Waals surface area contributed by atoms with Crippen LogP contribution in [0.3, 0.4) is 0 Å². The van der Waals surface area contributed by atoms with Gasteiger partial charge in [0.05, 0.1) is 11.7 Å². The number of aliphatic carboxylic acids is 1. The summed E-state index contributed by atoms with van der Waals surface area (Å²) in [6, 6.07) is 9.56. The summed E-state index contributed by atoms with van der Waals surface area (Å²) < 4.78 is 12.6. The van der Waals surface area contributed by atoms with E-state index >= 15 is 0 Å². The highest BCUT2D eigenvalue weighted by Gasteiger charge is 2.05. The first-order chi connectivity index (χ1) is 16.8. The van der Waals surface area contributed by atoms with Gasteiger partial charge >= 0.3 is 0 Å². The zero-order valence-electron chi connectivity index (χ0n) is 21.4. The van der Waals surface area contributed by atoms with Crippen LogP contribution in [0.5, 0.6) is 0 Å². The van der Waals surface area contributed by atoms with E-state index in [-0.39, 0.29) is 11.7 Å². The van der Waals surface area contributed by atoms with Gasteiger partial charge in [-0.3, -0.25) is 14.4 Å². The maximum atomic E-state index is 12.6. The molecule has 36 heavy (non-hydrogen) atoms. The number of nitrogens with zero attached hydrogens (tertiary/aromatic N) is 1.